The van der Waals surface area contributed by atoms with Gasteiger partial charge in [-0.3, -0.25) is 0 Å². The van der Waals surface area contributed by atoms with Crippen LogP contribution in [0.25, 0.3) is 0 Å². The predicted molar refractivity (Wildman–Crippen MR) is 76.1 cm³/mol. The van der Waals surface area contributed by atoms with Gasteiger partial charge in [-0.05, 0) is 0 Å². The van der Waals surface area contributed by atoms with Crippen LogP contribution in [0.15, 0.2) is 0 Å². The van der Waals surface area contributed by atoms with E-state index in [0.29, 0.717) is 45.6 Å². The van der Waals surface area contributed by atoms with Crippen molar-refractivity contribution in [2.45, 2.75) is 19.1 Å². The van der Waals surface area contributed by atoms with Crippen molar-refractivity contribution in [1.29, 1.82) is 0 Å². The Kier molecular flexibility index (Phi) is 13.6. The van der Waals surface area contributed by atoms with Crippen molar-refractivity contribution in [3.05, 3.63) is 0 Å². The molecule has 0 aromatic heterocycles. The van der Waals surface area contributed by atoms with E-state index in [1.807, 2.05) is 0 Å². The van der Waals surface area contributed by atoms with Crippen molar-refractivity contribution >= 4 is 0 Å². The van der Waals surface area contributed by atoms with Crippen LogP contribution in [-0.2, 0) is 28.4 Å². The monoisotopic (exact) mass is 294 g/mol. The Hall–Kier alpha value is -0.240. The van der Waals surface area contributed by atoms with Gasteiger partial charge in [-0.1, -0.05) is 6.92 Å². The summed E-state index contributed by atoms with van der Waals surface area (Å²) >= 11 is 0. The number of methoxy groups -OCH3 is 4. The zero-order valence-electron chi connectivity index (χ0n) is 13.4. The Labute approximate surface area is 122 Å². The molecule has 0 spiro atoms. The highest BCUT2D eigenvalue weighted by Crippen LogP contribution is 2.01. The third-order valence-corrected chi connectivity index (χ3v) is 2.78. The molecule has 2 unspecified atom stereocenters. The van der Waals surface area contributed by atoms with Crippen LogP contribution in [0, 0.1) is 5.92 Å². The smallest absolute Gasteiger partial charge is 0.104 e. The Morgan fingerprint density at radius 3 is 1.30 bits per heavy atom. The van der Waals surface area contributed by atoms with Crippen LogP contribution in [0.5, 0.6) is 0 Å². The lowest BCUT2D eigenvalue weighted by molar-refractivity contribution is -0.0563. The van der Waals surface area contributed by atoms with Crippen LogP contribution in [0.3, 0.4) is 0 Å². The van der Waals surface area contributed by atoms with Gasteiger partial charge in [0.25, 0.3) is 0 Å². The highest BCUT2D eigenvalue weighted by atomic mass is 16.6. The maximum absolute atomic E-state index is 5.59. The summed E-state index contributed by atoms with van der Waals surface area (Å²) in [5.74, 6) is 0.315. The maximum atomic E-state index is 5.59. The minimum atomic E-state index is -0.0207. The fourth-order valence-electron chi connectivity index (χ4n) is 1.59. The molecule has 2 atom stereocenters. The van der Waals surface area contributed by atoms with E-state index in [0.717, 1.165) is 0 Å². The molecule has 0 aliphatic carbocycles. The van der Waals surface area contributed by atoms with Crippen LogP contribution in [-0.4, -0.2) is 80.3 Å². The van der Waals surface area contributed by atoms with Gasteiger partial charge in [0, 0.05) is 34.4 Å². The molecule has 0 heterocycles. The van der Waals surface area contributed by atoms with Crippen LogP contribution in [0.2, 0.25) is 0 Å². The second-order valence-electron chi connectivity index (χ2n) is 4.81. The van der Waals surface area contributed by atoms with Gasteiger partial charge in [0.1, 0.15) is 12.2 Å². The molecule has 0 rings (SSSR count). The first kappa shape index (κ1) is 19.8. The first-order valence-corrected chi connectivity index (χ1v) is 6.86. The molecule has 20 heavy (non-hydrogen) atoms. The van der Waals surface area contributed by atoms with Crippen LogP contribution in [0.1, 0.15) is 6.92 Å². The predicted octanol–water partition coefficient (Wildman–Crippen LogP) is 0.979. The lowest BCUT2D eigenvalue weighted by atomic mass is 10.2. The van der Waals surface area contributed by atoms with E-state index < -0.39 is 0 Å². The van der Waals surface area contributed by atoms with Crippen molar-refractivity contribution in [3.8, 4) is 0 Å². The van der Waals surface area contributed by atoms with Gasteiger partial charge in [-0.15, -0.1) is 0 Å². The molecule has 0 N–H and O–H groups in total. The normalized spacial score (nSPS) is 16.1. The Morgan fingerprint density at radius 1 is 0.600 bits per heavy atom. The second kappa shape index (κ2) is 13.7. The topological polar surface area (TPSA) is 55.4 Å². The van der Waals surface area contributed by atoms with Crippen molar-refractivity contribution in [3.63, 3.8) is 0 Å². The second-order valence-corrected chi connectivity index (χ2v) is 4.81. The Bertz CT molecular complexity index is 182. The molecule has 0 saturated carbocycles. The van der Waals surface area contributed by atoms with Crippen molar-refractivity contribution in [2.24, 2.45) is 5.92 Å². The molecule has 6 nitrogen and oxygen atoms in total. The van der Waals surface area contributed by atoms with Crippen LogP contribution in [0.4, 0.5) is 0 Å². The first-order valence-electron chi connectivity index (χ1n) is 6.86. The Morgan fingerprint density at radius 2 is 1.00 bits per heavy atom. The Balaban J connectivity index is 3.60. The number of ether oxygens (including phenoxy) is 6. The molecular formula is C14H30O6. The third-order valence-electron chi connectivity index (χ3n) is 2.78. The largest absolute Gasteiger partial charge is 0.382 e. The molecule has 0 radical (unpaired) electrons. The van der Waals surface area contributed by atoms with Crippen molar-refractivity contribution in [1.82, 2.24) is 0 Å². The van der Waals surface area contributed by atoms with Gasteiger partial charge in [0.05, 0.1) is 39.6 Å². The van der Waals surface area contributed by atoms with E-state index in [4.69, 9.17) is 28.4 Å². The molecule has 0 fully saturated rings. The highest BCUT2D eigenvalue weighted by molar-refractivity contribution is 4.57. The average molecular weight is 294 g/mol. The van der Waals surface area contributed by atoms with Gasteiger partial charge in [0.15, 0.2) is 0 Å². The van der Waals surface area contributed by atoms with E-state index in [2.05, 4.69) is 6.92 Å². The highest BCUT2D eigenvalue weighted by Gasteiger charge is 2.11. The molecule has 0 amide bonds. The molecule has 0 aromatic rings. The van der Waals surface area contributed by atoms with E-state index in [1.54, 1.807) is 28.4 Å². The summed E-state index contributed by atoms with van der Waals surface area (Å²) in [6, 6.07) is 0. The molecule has 122 valence electrons. The fraction of sp³-hybridized carbons (Fsp3) is 1.00. The molecular weight excluding hydrogens is 264 g/mol. The van der Waals surface area contributed by atoms with E-state index in [9.17, 15) is 0 Å². The summed E-state index contributed by atoms with van der Waals surface area (Å²) in [5, 5.41) is 0. The van der Waals surface area contributed by atoms with Gasteiger partial charge >= 0.3 is 0 Å². The van der Waals surface area contributed by atoms with Gasteiger partial charge < -0.3 is 28.4 Å². The SMILES string of the molecule is COCC(COCC(C)COCC(COC)OC)OC. The zero-order chi connectivity index (χ0) is 15.2. The fourth-order valence-corrected chi connectivity index (χ4v) is 1.59. The molecule has 0 aliphatic rings. The summed E-state index contributed by atoms with van der Waals surface area (Å²) in [7, 11) is 6.60. The average Bonchev–Trinajstić information content (AvgIpc) is 2.45. The summed E-state index contributed by atoms with van der Waals surface area (Å²) in [6.07, 6.45) is -0.0413. The standard InChI is InChI=1S/C14H30O6/c1-12(6-19-10-13(17-4)8-15-2)7-20-11-14(18-5)9-16-3/h12-14H,6-11H2,1-5H3. The molecule has 0 aromatic carbocycles. The first-order chi connectivity index (χ1) is 9.67. The summed E-state index contributed by atoms with van der Waals surface area (Å²) < 4.78 is 31.7. The summed E-state index contributed by atoms with van der Waals surface area (Å²) in [6.45, 7) is 5.47. The van der Waals surface area contributed by atoms with Crippen molar-refractivity contribution in [2.75, 3.05) is 68.1 Å². The quantitative estimate of drug-likeness (QED) is 0.476. The van der Waals surface area contributed by atoms with Gasteiger partial charge in [-0.25, -0.2) is 0 Å². The number of hydrogen-bond acceptors (Lipinski definition) is 6. The maximum Gasteiger partial charge on any atom is 0.104 e. The minimum absolute atomic E-state index is 0.0207. The lowest BCUT2D eigenvalue weighted by Crippen LogP contribution is -2.27. The molecule has 0 aliphatic heterocycles. The number of rotatable bonds is 14. The third kappa shape index (κ3) is 10.5. The van der Waals surface area contributed by atoms with E-state index in [-0.39, 0.29) is 12.2 Å². The molecule has 6 heteroatoms. The summed E-state index contributed by atoms with van der Waals surface area (Å²) in [4.78, 5) is 0. The molecule has 0 saturated heterocycles. The number of hydrogen-bond donors (Lipinski definition) is 0. The zero-order valence-corrected chi connectivity index (χ0v) is 13.4. The minimum Gasteiger partial charge on any atom is -0.382 e. The van der Waals surface area contributed by atoms with E-state index >= 15 is 0 Å². The lowest BCUT2D eigenvalue weighted by Gasteiger charge is -2.18. The molecule has 0 bridgehead atoms. The van der Waals surface area contributed by atoms with Gasteiger partial charge in [0.2, 0.25) is 0 Å². The summed E-state index contributed by atoms with van der Waals surface area (Å²) in [5.41, 5.74) is 0. The van der Waals surface area contributed by atoms with Gasteiger partial charge in [-0.2, -0.15) is 0 Å². The van der Waals surface area contributed by atoms with Crippen LogP contribution < -0.4 is 0 Å². The van der Waals surface area contributed by atoms with E-state index in [1.165, 1.54) is 0 Å². The van der Waals surface area contributed by atoms with Crippen LogP contribution >= 0.6 is 0 Å². The van der Waals surface area contributed by atoms with Crippen molar-refractivity contribution < 1.29 is 28.4 Å².